The highest BCUT2D eigenvalue weighted by atomic mass is 16.5. The summed E-state index contributed by atoms with van der Waals surface area (Å²) in [7, 11) is 1.11. The summed E-state index contributed by atoms with van der Waals surface area (Å²) in [6.07, 6.45) is -5.24. The number of aliphatic hydroxyl groups excluding tert-OH is 5. The molecule has 0 saturated heterocycles. The van der Waals surface area contributed by atoms with Crippen molar-refractivity contribution in [1.29, 1.82) is 0 Å². The molecule has 0 aliphatic heterocycles. The predicted octanol–water partition coefficient (Wildman–Crippen LogP) is -1.58. The Hall–Kier alpha value is -1.82. The first kappa shape index (κ1) is 25.4. The van der Waals surface area contributed by atoms with Crippen molar-refractivity contribution in [2.75, 3.05) is 20.3 Å². The summed E-state index contributed by atoms with van der Waals surface area (Å²) in [5.74, 6) is -4.23. The average Bonchev–Trinajstić information content (AvgIpc) is 2.74. The van der Waals surface area contributed by atoms with Crippen molar-refractivity contribution in [2.24, 2.45) is 17.3 Å². The van der Waals surface area contributed by atoms with Crippen LogP contribution >= 0.6 is 0 Å². The van der Waals surface area contributed by atoms with Gasteiger partial charge in [-0.05, 0) is 19.3 Å². The lowest BCUT2D eigenvalue weighted by Gasteiger charge is -2.60. The average molecular weight is 444 g/mol. The summed E-state index contributed by atoms with van der Waals surface area (Å²) in [6.45, 7) is 7.21. The van der Waals surface area contributed by atoms with Gasteiger partial charge in [-0.25, -0.2) is 9.59 Å². The number of carbonyl (C=O) groups excluding carboxylic acids is 2. The zero-order valence-electron chi connectivity index (χ0n) is 17.7. The molecule has 10 heteroatoms. The van der Waals surface area contributed by atoms with Gasteiger partial charge in [-0.2, -0.15) is 0 Å². The van der Waals surface area contributed by atoms with E-state index >= 15 is 0 Å². The van der Waals surface area contributed by atoms with Crippen LogP contribution in [0.1, 0.15) is 26.2 Å². The molecule has 6 N–H and O–H groups in total. The van der Waals surface area contributed by atoms with E-state index in [0.29, 0.717) is 0 Å². The fraction of sp³-hybridized carbons (Fsp3) is 0.714. The maximum absolute atomic E-state index is 12.5. The Morgan fingerprint density at radius 3 is 2.32 bits per heavy atom. The van der Waals surface area contributed by atoms with Gasteiger partial charge in [-0.15, -0.1) is 0 Å². The van der Waals surface area contributed by atoms with Crippen LogP contribution in [0.25, 0.3) is 0 Å². The third-order valence-electron chi connectivity index (χ3n) is 6.87. The summed E-state index contributed by atoms with van der Waals surface area (Å²) >= 11 is 0. The molecule has 0 unspecified atom stereocenters. The topological polar surface area (TPSA) is 174 Å². The van der Waals surface area contributed by atoms with E-state index in [9.17, 15) is 35.1 Å². The monoisotopic (exact) mass is 444 g/mol. The number of ether oxygens (including phenoxy) is 2. The molecular weight excluding hydrogens is 412 g/mol. The SMILES string of the molecule is C=C(C(=O)OC)[C@@H]1[C@H](O)[C@@H]2[C@](O)(CO)CC[C@H](O)[C@@]2(C)C[C@@H]1OC(=O)C(=C)[C@H](O)CO. The van der Waals surface area contributed by atoms with Gasteiger partial charge in [0.1, 0.15) is 12.2 Å². The molecule has 0 heterocycles. The van der Waals surface area contributed by atoms with Crippen LogP contribution < -0.4 is 0 Å². The minimum absolute atomic E-state index is 0.0172. The highest BCUT2D eigenvalue weighted by Gasteiger charge is 2.64. The summed E-state index contributed by atoms with van der Waals surface area (Å²) in [5, 5.41) is 61.6. The Labute approximate surface area is 180 Å². The fourth-order valence-electron chi connectivity index (χ4n) is 5.10. The van der Waals surface area contributed by atoms with Crippen molar-refractivity contribution in [1.82, 2.24) is 0 Å². The lowest BCUT2D eigenvalue weighted by Crippen LogP contribution is -2.68. The normalized spacial score (nSPS) is 38.5. The van der Waals surface area contributed by atoms with Crippen molar-refractivity contribution in [3.63, 3.8) is 0 Å². The van der Waals surface area contributed by atoms with Gasteiger partial charge in [0.15, 0.2) is 0 Å². The molecule has 0 bridgehead atoms. The van der Waals surface area contributed by atoms with Crippen LogP contribution in [0.2, 0.25) is 0 Å². The number of carbonyl (C=O) groups is 2. The molecule has 10 nitrogen and oxygen atoms in total. The predicted molar refractivity (Wildman–Crippen MR) is 106 cm³/mol. The van der Waals surface area contributed by atoms with Crippen molar-refractivity contribution < 1.29 is 49.7 Å². The first-order valence-electron chi connectivity index (χ1n) is 10.0. The van der Waals surface area contributed by atoms with Crippen molar-refractivity contribution >= 4 is 11.9 Å². The van der Waals surface area contributed by atoms with Crippen LogP contribution in [0, 0.1) is 17.3 Å². The highest BCUT2D eigenvalue weighted by Crippen LogP contribution is 2.57. The van der Waals surface area contributed by atoms with Gasteiger partial charge in [0.05, 0.1) is 49.6 Å². The molecule has 31 heavy (non-hydrogen) atoms. The lowest BCUT2D eigenvalue weighted by molar-refractivity contribution is -0.249. The number of hydrogen-bond acceptors (Lipinski definition) is 10. The van der Waals surface area contributed by atoms with Crippen LogP contribution in [0.15, 0.2) is 24.3 Å². The zero-order chi connectivity index (χ0) is 23.7. The van der Waals surface area contributed by atoms with Crippen molar-refractivity contribution in [3.05, 3.63) is 24.3 Å². The molecule has 2 rings (SSSR count). The maximum Gasteiger partial charge on any atom is 0.336 e. The Morgan fingerprint density at radius 2 is 1.81 bits per heavy atom. The summed E-state index contributed by atoms with van der Waals surface area (Å²) in [6, 6.07) is 0. The summed E-state index contributed by atoms with van der Waals surface area (Å²) < 4.78 is 10.1. The molecule has 2 fully saturated rings. The minimum atomic E-state index is -1.74. The number of hydrogen-bond donors (Lipinski definition) is 6. The van der Waals surface area contributed by atoms with E-state index in [1.54, 1.807) is 6.92 Å². The number of esters is 2. The Kier molecular flexibility index (Phi) is 7.68. The number of aliphatic hydroxyl groups is 6. The third-order valence-corrected chi connectivity index (χ3v) is 6.87. The van der Waals surface area contributed by atoms with E-state index in [4.69, 9.17) is 9.84 Å². The van der Waals surface area contributed by atoms with Gasteiger partial charge < -0.3 is 40.1 Å². The summed E-state index contributed by atoms with van der Waals surface area (Å²) in [5.41, 5.74) is -3.58. The van der Waals surface area contributed by atoms with Gasteiger partial charge in [-0.3, -0.25) is 0 Å². The van der Waals surface area contributed by atoms with Crippen LogP contribution in [0.3, 0.4) is 0 Å². The van der Waals surface area contributed by atoms with E-state index < -0.39 is 78.0 Å². The Balaban J connectivity index is 2.50. The van der Waals surface area contributed by atoms with Crippen molar-refractivity contribution in [3.8, 4) is 0 Å². The van der Waals surface area contributed by atoms with Gasteiger partial charge in [0, 0.05) is 16.9 Å². The number of fused-ring (bicyclic) bond motifs is 1. The zero-order valence-corrected chi connectivity index (χ0v) is 17.7. The molecular formula is C21H32O10. The quantitative estimate of drug-likeness (QED) is 0.199. The first-order chi connectivity index (χ1) is 14.4. The molecule has 0 aromatic heterocycles. The van der Waals surface area contributed by atoms with Crippen LogP contribution in [-0.2, 0) is 19.1 Å². The molecule has 0 aromatic carbocycles. The number of rotatable bonds is 7. The molecule has 0 radical (unpaired) electrons. The molecule has 0 spiro atoms. The van der Waals surface area contributed by atoms with Crippen LogP contribution in [0.4, 0.5) is 0 Å². The van der Waals surface area contributed by atoms with Crippen molar-refractivity contribution in [2.45, 2.75) is 56.2 Å². The molecule has 2 aliphatic carbocycles. The van der Waals surface area contributed by atoms with E-state index in [0.717, 1.165) is 7.11 Å². The largest absolute Gasteiger partial charge is 0.466 e. The molecule has 0 amide bonds. The van der Waals surface area contributed by atoms with Gasteiger partial charge in [0.25, 0.3) is 0 Å². The Morgan fingerprint density at radius 1 is 1.19 bits per heavy atom. The fourth-order valence-corrected chi connectivity index (χ4v) is 5.10. The standard InChI is InChI=1S/C21H32O10/c1-10(12(24)8-22)19(28)31-13-7-20(3)14(25)5-6-21(29,9-23)17(20)16(26)15(13)11(2)18(27)30-4/h12-17,22-26,29H,1-2,5-9H2,3-4H3/t12-,13+,14+,15+,16+,17+,20-,21-/m1/s1. The second-order valence-electron chi connectivity index (χ2n) is 8.70. The smallest absolute Gasteiger partial charge is 0.336 e. The van der Waals surface area contributed by atoms with Crippen LogP contribution in [-0.4, -0.2) is 92.9 Å². The molecule has 2 saturated carbocycles. The lowest BCUT2D eigenvalue weighted by atomic mass is 9.49. The third kappa shape index (κ3) is 4.41. The van der Waals surface area contributed by atoms with Gasteiger partial charge in [-0.1, -0.05) is 20.1 Å². The first-order valence-corrected chi connectivity index (χ1v) is 10.0. The Bertz CT molecular complexity index is 736. The second kappa shape index (κ2) is 9.35. The minimum Gasteiger partial charge on any atom is -0.466 e. The maximum atomic E-state index is 12.5. The van der Waals surface area contributed by atoms with E-state index in [2.05, 4.69) is 17.9 Å². The van der Waals surface area contributed by atoms with E-state index in [1.807, 2.05) is 0 Å². The molecule has 2 aliphatic rings. The summed E-state index contributed by atoms with van der Waals surface area (Å²) in [4.78, 5) is 24.7. The van der Waals surface area contributed by atoms with Crippen LogP contribution in [0.5, 0.6) is 0 Å². The molecule has 176 valence electrons. The molecule has 0 aromatic rings. The van der Waals surface area contributed by atoms with Gasteiger partial charge >= 0.3 is 11.9 Å². The van der Waals surface area contributed by atoms with E-state index in [-0.39, 0.29) is 24.8 Å². The second-order valence-corrected chi connectivity index (χ2v) is 8.70. The van der Waals surface area contributed by atoms with Gasteiger partial charge in [0.2, 0.25) is 0 Å². The molecule has 8 atom stereocenters. The van der Waals surface area contributed by atoms with E-state index in [1.165, 1.54) is 0 Å². The number of methoxy groups -OCH3 is 1. The highest BCUT2D eigenvalue weighted by molar-refractivity contribution is 5.90.